The molecule has 31 heavy (non-hydrogen) atoms. The lowest BCUT2D eigenvalue weighted by atomic mass is 9.90. The van der Waals surface area contributed by atoms with Gasteiger partial charge in [0.15, 0.2) is 5.66 Å². The third-order valence-electron chi connectivity index (χ3n) is 6.14. The first-order valence-electron chi connectivity index (χ1n) is 10.6. The smallest absolute Gasteiger partial charge is 0.220 e. The molecule has 162 valence electrons. The predicted octanol–water partition coefficient (Wildman–Crippen LogP) is 3.69. The minimum absolute atomic E-state index is 0.0944. The molecule has 0 unspecified atom stereocenters. The van der Waals surface area contributed by atoms with Gasteiger partial charge in [-0.15, -0.1) is 12.3 Å². The molecule has 0 atom stereocenters. The van der Waals surface area contributed by atoms with Gasteiger partial charge in [0.1, 0.15) is 0 Å². The maximum Gasteiger partial charge on any atom is 0.220 e. The van der Waals surface area contributed by atoms with Crippen LogP contribution in [0, 0.1) is 12.3 Å². The Bertz CT molecular complexity index is 1030. The van der Waals surface area contributed by atoms with Crippen LogP contribution in [0.1, 0.15) is 38.5 Å². The van der Waals surface area contributed by atoms with Crippen molar-refractivity contribution in [2.24, 2.45) is 10.2 Å². The first-order valence-corrected chi connectivity index (χ1v) is 11.0. The van der Waals surface area contributed by atoms with Gasteiger partial charge in [0.25, 0.3) is 0 Å². The van der Waals surface area contributed by atoms with E-state index < -0.39 is 11.3 Å². The third kappa shape index (κ3) is 5.15. The zero-order valence-corrected chi connectivity index (χ0v) is 18.1. The van der Waals surface area contributed by atoms with Gasteiger partial charge in [0, 0.05) is 67.6 Å². The van der Waals surface area contributed by atoms with Crippen molar-refractivity contribution in [3.8, 4) is 12.3 Å². The predicted molar refractivity (Wildman–Crippen MR) is 121 cm³/mol. The molecule has 1 fully saturated rings. The number of hydrogen-bond donors (Lipinski definition) is 2. The fraction of sp³-hybridized carbons (Fsp3) is 0.478. The zero-order chi connectivity index (χ0) is 21.9. The number of benzene rings is 1. The summed E-state index contributed by atoms with van der Waals surface area (Å²) in [6.07, 6.45) is 10.4. The van der Waals surface area contributed by atoms with Crippen molar-refractivity contribution < 1.29 is 9.90 Å². The Morgan fingerprint density at radius 1 is 1.26 bits per heavy atom. The van der Waals surface area contributed by atoms with Crippen molar-refractivity contribution >= 4 is 34.1 Å². The highest BCUT2D eigenvalue weighted by atomic mass is 35.5. The van der Waals surface area contributed by atoms with Gasteiger partial charge in [0.2, 0.25) is 5.91 Å². The molecule has 2 aromatic rings. The molecule has 0 bridgehead atoms. The summed E-state index contributed by atoms with van der Waals surface area (Å²) in [6, 6.07) is 7.65. The number of aliphatic hydroxyl groups is 1. The van der Waals surface area contributed by atoms with Crippen LogP contribution >= 0.6 is 11.6 Å². The van der Waals surface area contributed by atoms with Crippen LogP contribution < -0.4 is 10.2 Å². The molecular formula is C23H26ClN5O2. The maximum atomic E-state index is 12.3. The Hall–Kier alpha value is -2.69. The molecular weight excluding hydrogens is 414 g/mol. The lowest BCUT2D eigenvalue weighted by molar-refractivity contribution is -0.122. The second-order valence-electron chi connectivity index (χ2n) is 8.37. The molecule has 1 amide bonds. The number of amides is 1. The summed E-state index contributed by atoms with van der Waals surface area (Å²) in [7, 11) is 0. The molecule has 2 aliphatic rings. The number of carbonyl (C=O) groups excluding carboxylic acids is 1. The number of rotatable bonds is 8. The molecule has 2 N–H and O–H groups in total. The largest absolute Gasteiger partial charge is 0.388 e. The van der Waals surface area contributed by atoms with Gasteiger partial charge in [-0.1, -0.05) is 11.6 Å². The lowest BCUT2D eigenvalue weighted by Gasteiger charge is -2.39. The molecule has 7 nitrogen and oxygen atoms in total. The van der Waals surface area contributed by atoms with Crippen LogP contribution in [0.15, 0.2) is 40.7 Å². The highest BCUT2D eigenvalue weighted by Crippen LogP contribution is 2.37. The molecule has 1 aromatic heterocycles. The van der Waals surface area contributed by atoms with Crippen LogP contribution in [-0.2, 0) is 4.79 Å². The summed E-state index contributed by atoms with van der Waals surface area (Å²) in [5.41, 5.74) is 0.585. The number of anilines is 1. The first kappa shape index (κ1) is 21.5. The lowest BCUT2D eigenvalue weighted by Crippen LogP contribution is -2.51. The minimum atomic E-state index is -0.915. The standard InChI is InChI=1S/C23H26ClN5O2/c1-2-3-8-23(27-28-23)9-6-21(30)26-16-22(31)10-13-29(14-11-22)20-7-12-25-19-5-4-17(24)15-18(19)20/h1,4-5,7,12,15,31H,3,6,8-11,13-14,16H2,(H,26,30). The van der Waals surface area contributed by atoms with Crippen molar-refractivity contribution in [1.82, 2.24) is 10.3 Å². The number of nitrogens with zero attached hydrogens (tertiary/aromatic N) is 4. The molecule has 8 heteroatoms. The van der Waals surface area contributed by atoms with Crippen LogP contribution in [0.5, 0.6) is 0 Å². The Kier molecular flexibility index (Phi) is 6.12. The van der Waals surface area contributed by atoms with E-state index in [1.54, 1.807) is 6.20 Å². The second kappa shape index (κ2) is 8.81. The van der Waals surface area contributed by atoms with Gasteiger partial charge in [-0.25, -0.2) is 0 Å². The van der Waals surface area contributed by atoms with Crippen LogP contribution in [0.25, 0.3) is 10.9 Å². The monoisotopic (exact) mass is 439 g/mol. The summed E-state index contributed by atoms with van der Waals surface area (Å²) in [5, 5.41) is 23.6. The van der Waals surface area contributed by atoms with Crippen molar-refractivity contribution in [2.75, 3.05) is 24.5 Å². The van der Waals surface area contributed by atoms with Crippen molar-refractivity contribution in [1.29, 1.82) is 0 Å². The number of fused-ring (bicyclic) bond motifs is 1. The minimum Gasteiger partial charge on any atom is -0.388 e. The van der Waals surface area contributed by atoms with Gasteiger partial charge >= 0.3 is 0 Å². The third-order valence-corrected chi connectivity index (χ3v) is 6.37. The van der Waals surface area contributed by atoms with Crippen molar-refractivity contribution in [3.05, 3.63) is 35.5 Å². The van der Waals surface area contributed by atoms with E-state index in [0.29, 0.717) is 56.6 Å². The molecule has 4 rings (SSSR count). The molecule has 0 spiro atoms. The summed E-state index contributed by atoms with van der Waals surface area (Å²) in [6.45, 7) is 1.62. The summed E-state index contributed by atoms with van der Waals surface area (Å²) < 4.78 is 0. The Labute approximate surface area is 186 Å². The number of halogens is 1. The quantitative estimate of drug-likeness (QED) is 0.614. The molecule has 1 saturated heterocycles. The number of carbonyl (C=O) groups is 1. The fourth-order valence-electron chi connectivity index (χ4n) is 4.05. The average molecular weight is 440 g/mol. The SMILES string of the molecule is C#CCCC1(CCC(=O)NCC2(O)CCN(c3ccnc4ccc(Cl)cc34)CC2)N=N1. The fourth-order valence-corrected chi connectivity index (χ4v) is 4.23. The normalized spacial score (nSPS) is 18.5. The van der Waals surface area contributed by atoms with E-state index in [1.165, 1.54) is 0 Å². The Morgan fingerprint density at radius 3 is 2.74 bits per heavy atom. The molecule has 2 aliphatic heterocycles. The molecule has 0 aliphatic carbocycles. The van der Waals surface area contributed by atoms with Crippen molar-refractivity contribution in [3.63, 3.8) is 0 Å². The number of pyridine rings is 1. The molecule has 0 radical (unpaired) electrons. The molecule has 1 aromatic carbocycles. The van der Waals surface area contributed by atoms with E-state index in [-0.39, 0.29) is 12.5 Å². The second-order valence-corrected chi connectivity index (χ2v) is 8.80. The van der Waals surface area contributed by atoms with Crippen LogP contribution in [0.4, 0.5) is 5.69 Å². The highest BCUT2D eigenvalue weighted by Gasteiger charge is 2.39. The van der Waals surface area contributed by atoms with E-state index in [9.17, 15) is 9.90 Å². The number of piperidine rings is 1. The van der Waals surface area contributed by atoms with Gasteiger partial charge < -0.3 is 15.3 Å². The average Bonchev–Trinajstić information content (AvgIpc) is 3.55. The van der Waals surface area contributed by atoms with E-state index >= 15 is 0 Å². The topological polar surface area (TPSA) is 90.2 Å². The van der Waals surface area contributed by atoms with E-state index in [0.717, 1.165) is 16.6 Å². The Morgan fingerprint density at radius 2 is 2.03 bits per heavy atom. The number of hydrogen-bond acceptors (Lipinski definition) is 6. The highest BCUT2D eigenvalue weighted by molar-refractivity contribution is 6.31. The zero-order valence-electron chi connectivity index (χ0n) is 17.4. The van der Waals surface area contributed by atoms with Crippen LogP contribution in [0.2, 0.25) is 5.02 Å². The van der Waals surface area contributed by atoms with E-state index in [1.807, 2.05) is 24.3 Å². The van der Waals surface area contributed by atoms with Gasteiger partial charge in [0.05, 0.1) is 11.1 Å². The van der Waals surface area contributed by atoms with E-state index in [2.05, 4.69) is 31.3 Å². The van der Waals surface area contributed by atoms with E-state index in [4.69, 9.17) is 18.0 Å². The molecule has 3 heterocycles. The number of terminal acetylenes is 1. The Balaban J connectivity index is 1.28. The van der Waals surface area contributed by atoms with Crippen LogP contribution in [-0.4, -0.2) is 46.9 Å². The number of nitrogens with one attached hydrogen (secondary N) is 1. The summed E-state index contributed by atoms with van der Waals surface area (Å²) in [5.74, 6) is 2.49. The van der Waals surface area contributed by atoms with Crippen molar-refractivity contribution in [2.45, 2.75) is 49.8 Å². The van der Waals surface area contributed by atoms with Gasteiger partial charge in [-0.3, -0.25) is 9.78 Å². The number of aromatic nitrogens is 1. The summed E-state index contributed by atoms with van der Waals surface area (Å²) in [4.78, 5) is 18.9. The van der Waals surface area contributed by atoms with Crippen LogP contribution in [0.3, 0.4) is 0 Å². The first-order chi connectivity index (χ1) is 14.9. The van der Waals surface area contributed by atoms with Gasteiger partial charge in [-0.05, 0) is 37.1 Å². The van der Waals surface area contributed by atoms with Gasteiger partial charge in [-0.2, -0.15) is 10.2 Å². The molecule has 0 saturated carbocycles. The summed E-state index contributed by atoms with van der Waals surface area (Å²) >= 11 is 6.18. The maximum absolute atomic E-state index is 12.3.